The van der Waals surface area contributed by atoms with Crippen LogP contribution >= 0.6 is 0 Å². The van der Waals surface area contributed by atoms with Crippen LogP contribution in [0.15, 0.2) is 78.7 Å². The maximum atomic E-state index is 14.2. The number of esters is 1. The number of aliphatic hydroxyl groups excluding tert-OH is 1. The first-order valence-electron chi connectivity index (χ1n) is 20.5. The van der Waals surface area contributed by atoms with E-state index >= 15 is 0 Å². The maximum Gasteiger partial charge on any atom is 0.302 e. The fraction of sp³-hybridized carbons (Fsp3) is 0.457. The molecule has 12 nitrogen and oxygen atoms in total. The summed E-state index contributed by atoms with van der Waals surface area (Å²) in [5.41, 5.74) is 5.07. The zero-order valence-corrected chi connectivity index (χ0v) is 34.1. The molecule has 6 rings (SSSR count). The molecule has 5 N–H and O–H groups in total. The van der Waals surface area contributed by atoms with Crippen LogP contribution in [0.2, 0.25) is 0 Å². The minimum atomic E-state index is -0.629. The van der Waals surface area contributed by atoms with E-state index in [-0.39, 0.29) is 54.3 Å². The Hall–Kier alpha value is -5.49. The lowest BCUT2D eigenvalue weighted by Gasteiger charge is -2.32. The minimum absolute atomic E-state index is 0.00944. The largest absolute Gasteiger partial charge is 0.504 e. The van der Waals surface area contributed by atoms with Crippen LogP contribution in [0.3, 0.4) is 0 Å². The van der Waals surface area contributed by atoms with Gasteiger partial charge in [-0.3, -0.25) is 14.4 Å². The van der Waals surface area contributed by atoms with Crippen molar-refractivity contribution < 1.29 is 39.2 Å². The highest BCUT2D eigenvalue weighted by molar-refractivity contribution is 5.95. The Morgan fingerprint density at radius 2 is 1.79 bits per heavy atom. The molecule has 0 fully saturated rings. The number of nitrogens with zero attached hydrogens (tertiary/aromatic N) is 2. The predicted octanol–water partition coefficient (Wildman–Crippen LogP) is 7.41. The molecule has 2 aromatic carbocycles. The van der Waals surface area contributed by atoms with E-state index in [1.165, 1.54) is 36.8 Å². The molecular weight excluding hydrogens is 737 g/mol. The van der Waals surface area contributed by atoms with Crippen LogP contribution in [0.25, 0.3) is 10.8 Å². The molecule has 2 aliphatic rings. The van der Waals surface area contributed by atoms with Crippen molar-refractivity contribution >= 4 is 34.0 Å². The number of hydrogen-bond acceptors (Lipinski definition) is 10. The summed E-state index contributed by atoms with van der Waals surface area (Å²) in [5, 5.41) is 36.6. The van der Waals surface area contributed by atoms with Crippen molar-refractivity contribution in [3.05, 3.63) is 95.4 Å². The van der Waals surface area contributed by atoms with E-state index in [0.717, 1.165) is 54.4 Å². The summed E-state index contributed by atoms with van der Waals surface area (Å²) in [6, 6.07) is 8.45. The summed E-state index contributed by atoms with van der Waals surface area (Å²) >= 11 is 0. The Morgan fingerprint density at radius 3 is 2.52 bits per heavy atom. The van der Waals surface area contributed by atoms with Crippen molar-refractivity contribution in [2.45, 2.75) is 97.1 Å². The number of phenols is 2. The third kappa shape index (κ3) is 10.1. The molecule has 0 unspecified atom stereocenters. The van der Waals surface area contributed by atoms with Crippen molar-refractivity contribution in [2.75, 3.05) is 31.7 Å². The minimum Gasteiger partial charge on any atom is -0.504 e. The number of hydrogen-bond donors (Lipinski definition) is 5. The van der Waals surface area contributed by atoms with E-state index in [2.05, 4.69) is 46.7 Å². The standard InChI is InChI=1S/C46H58N4O8/c1-5-31-11-12-39(58-30(3)53)23-38(54)24-42(35-20-43(55)46(56)44(21-35)57-4)49-27-34-8-6-10-41(40(34)28-49)50(16-14-29(2)52)45-22-33(13-15-48-45)32(9-7-17-51)19-37-26-47-25-36(37)18-31/h6,8,10,13,20-22,25-28,31-32,39,42,47-48,51,55-56H,5,7,9,11-12,14-19,23-24H2,1-4H3/t31-,32-,39-,42-/m1/s1. The molecule has 4 atom stereocenters. The predicted molar refractivity (Wildman–Crippen MR) is 224 cm³/mol. The van der Waals surface area contributed by atoms with Crippen LogP contribution in [0, 0.1) is 11.8 Å². The first-order chi connectivity index (χ1) is 28.0. The Morgan fingerprint density at radius 1 is 1.00 bits per heavy atom. The summed E-state index contributed by atoms with van der Waals surface area (Å²) in [6.07, 6.45) is 17.6. The Bertz CT molecular complexity index is 2150. The molecule has 0 saturated carbocycles. The number of carbonyl (C=O) groups excluding carboxylic acids is 3. The van der Waals surface area contributed by atoms with Gasteiger partial charge in [0.1, 0.15) is 23.5 Å². The SMILES string of the molecule is CC[C@@H]1CC[C@@H](OC(C)=O)CC(=O)C[C@H](c2cc(O)c(O)c(OC)c2)n2cc3cccc(c3c2)N(CCC(C)=O)C2=CC(=CCN2)[C@H](CCCO)Cc2c[nH]cc2C1. The van der Waals surface area contributed by atoms with Gasteiger partial charge in [0, 0.05) is 81.4 Å². The van der Waals surface area contributed by atoms with Crippen LogP contribution in [-0.2, 0) is 32.0 Å². The van der Waals surface area contributed by atoms with Crippen LogP contribution in [0.5, 0.6) is 17.2 Å². The molecule has 4 aromatic rings. The first-order valence-corrected chi connectivity index (χ1v) is 20.5. The summed E-state index contributed by atoms with van der Waals surface area (Å²) in [5.74, 6) is 0.101. The number of phenolic OH excluding ortho intramolecular Hbond substituents is 2. The number of aliphatic hydroxyl groups is 1. The number of aromatic nitrogens is 2. The summed E-state index contributed by atoms with van der Waals surface area (Å²) in [4.78, 5) is 44.5. The molecule has 310 valence electrons. The molecule has 0 spiro atoms. The molecule has 0 amide bonds. The van der Waals surface area contributed by atoms with Gasteiger partial charge in [0.05, 0.1) is 18.8 Å². The van der Waals surface area contributed by atoms with Gasteiger partial charge in [0.15, 0.2) is 11.5 Å². The number of allylic oxidation sites excluding steroid dienone is 2. The Balaban J connectivity index is 1.51. The van der Waals surface area contributed by atoms with Crippen molar-refractivity contribution in [3.8, 4) is 17.2 Å². The third-order valence-electron chi connectivity index (χ3n) is 11.7. The summed E-state index contributed by atoms with van der Waals surface area (Å²) in [7, 11) is 1.40. The van der Waals surface area contributed by atoms with Crippen LogP contribution in [0.4, 0.5) is 5.69 Å². The van der Waals surface area contributed by atoms with Gasteiger partial charge in [-0.15, -0.1) is 0 Å². The summed E-state index contributed by atoms with van der Waals surface area (Å²) in [6.45, 7) is 6.25. The molecule has 4 heterocycles. The number of dihydropyridines is 1. The number of aromatic amines is 1. The molecule has 0 aliphatic carbocycles. The van der Waals surface area contributed by atoms with Crippen molar-refractivity contribution in [1.29, 1.82) is 0 Å². The molecule has 2 aromatic heterocycles. The lowest BCUT2D eigenvalue weighted by atomic mass is 9.84. The maximum absolute atomic E-state index is 14.2. The second-order valence-electron chi connectivity index (χ2n) is 15.8. The number of fused-ring (bicyclic) bond motifs is 3. The average molecular weight is 795 g/mol. The third-order valence-corrected chi connectivity index (χ3v) is 11.7. The number of nitrogens with one attached hydrogen (secondary N) is 2. The van der Waals surface area contributed by atoms with E-state index in [4.69, 9.17) is 9.47 Å². The fourth-order valence-electron chi connectivity index (χ4n) is 8.55. The smallest absolute Gasteiger partial charge is 0.302 e. The second-order valence-corrected chi connectivity index (χ2v) is 15.8. The zero-order chi connectivity index (χ0) is 41.3. The molecule has 12 heteroatoms. The van der Waals surface area contributed by atoms with Crippen molar-refractivity contribution in [3.63, 3.8) is 0 Å². The van der Waals surface area contributed by atoms with E-state index in [1.54, 1.807) is 13.0 Å². The number of carbonyl (C=O) groups is 3. The summed E-state index contributed by atoms with van der Waals surface area (Å²) < 4.78 is 13.1. The number of rotatable bonds is 10. The zero-order valence-electron chi connectivity index (χ0n) is 34.1. The topological polar surface area (TPSA) is 166 Å². The molecular formula is C46H58N4O8. The van der Waals surface area contributed by atoms with E-state index in [0.29, 0.717) is 37.9 Å². The molecule has 0 radical (unpaired) electrons. The molecule has 0 saturated heterocycles. The van der Waals surface area contributed by atoms with Gasteiger partial charge in [-0.05, 0) is 104 Å². The molecule has 4 bridgehead atoms. The van der Waals surface area contributed by atoms with E-state index < -0.39 is 23.9 Å². The Labute approximate surface area is 340 Å². The van der Waals surface area contributed by atoms with E-state index in [9.17, 15) is 29.7 Å². The Kier molecular flexibility index (Phi) is 14.0. The van der Waals surface area contributed by atoms with Crippen LogP contribution in [0.1, 0.15) is 94.9 Å². The number of methoxy groups -OCH3 is 1. The molecule has 2 aliphatic heterocycles. The number of ketones is 2. The van der Waals surface area contributed by atoms with Crippen molar-refractivity contribution in [2.24, 2.45) is 11.8 Å². The number of benzene rings is 2. The number of anilines is 1. The molecule has 58 heavy (non-hydrogen) atoms. The van der Waals surface area contributed by atoms with Gasteiger partial charge in [0.2, 0.25) is 5.75 Å². The quantitative estimate of drug-likeness (QED) is 0.0806. The van der Waals surface area contributed by atoms with Crippen LogP contribution in [-0.4, -0.2) is 75.3 Å². The number of ether oxygens (including phenoxy) is 2. The normalized spacial score (nSPS) is 20.7. The van der Waals surface area contributed by atoms with Gasteiger partial charge in [0.25, 0.3) is 0 Å². The highest BCUT2D eigenvalue weighted by Gasteiger charge is 2.28. The second kappa shape index (κ2) is 19.3. The van der Waals surface area contributed by atoms with Gasteiger partial charge in [-0.25, -0.2) is 0 Å². The monoisotopic (exact) mass is 794 g/mol. The van der Waals surface area contributed by atoms with Gasteiger partial charge < -0.3 is 44.6 Å². The van der Waals surface area contributed by atoms with Gasteiger partial charge in [-0.2, -0.15) is 0 Å². The van der Waals surface area contributed by atoms with Crippen LogP contribution < -0.4 is 15.0 Å². The fourth-order valence-corrected chi connectivity index (χ4v) is 8.55. The number of aromatic hydroxyl groups is 2. The van der Waals surface area contributed by atoms with E-state index in [1.807, 2.05) is 35.2 Å². The number of H-pyrrole nitrogens is 1. The van der Waals surface area contributed by atoms with Gasteiger partial charge >= 0.3 is 5.97 Å². The van der Waals surface area contributed by atoms with Gasteiger partial charge in [-0.1, -0.05) is 31.6 Å². The highest BCUT2D eigenvalue weighted by Crippen LogP contribution is 2.41. The lowest BCUT2D eigenvalue weighted by molar-refractivity contribution is -0.148. The number of Topliss-reactive ketones (excluding diaryl/α,β-unsaturated/α-hetero) is 2. The lowest BCUT2D eigenvalue weighted by Crippen LogP contribution is -2.36. The highest BCUT2D eigenvalue weighted by atomic mass is 16.5. The average Bonchev–Trinajstić information content (AvgIpc) is 3.84. The first kappa shape index (κ1) is 42.1. The van der Waals surface area contributed by atoms with Crippen molar-refractivity contribution in [1.82, 2.24) is 14.9 Å².